The third-order valence-electron chi connectivity index (χ3n) is 5.45. The van der Waals surface area contributed by atoms with Crippen LogP contribution in [-0.4, -0.2) is 21.7 Å². The predicted molar refractivity (Wildman–Crippen MR) is 103 cm³/mol. The first kappa shape index (κ1) is 19.3. The zero-order valence-electron chi connectivity index (χ0n) is 16.0. The topological polar surface area (TPSA) is 64.0 Å². The van der Waals surface area contributed by atoms with Gasteiger partial charge >= 0.3 is 0 Å². The second kappa shape index (κ2) is 7.62. The molecule has 0 saturated heterocycles. The number of carbonyl (C=O) groups is 1. The molecule has 1 heterocycles. The van der Waals surface area contributed by atoms with Crippen LogP contribution in [0.2, 0.25) is 0 Å². The molecule has 0 bridgehead atoms. The highest BCUT2D eigenvalue weighted by atomic mass is 19.1. The number of nitrogens with zero attached hydrogens (tertiary/aromatic N) is 2. The lowest BCUT2D eigenvalue weighted by atomic mass is 9.85. The maximum Gasteiger partial charge on any atom is 0.267 e. The van der Waals surface area contributed by atoms with E-state index in [1.54, 1.807) is 32.0 Å². The summed E-state index contributed by atoms with van der Waals surface area (Å²) in [7, 11) is 0. The van der Waals surface area contributed by atoms with Gasteiger partial charge in [0, 0.05) is 17.7 Å². The third-order valence-corrected chi connectivity index (χ3v) is 5.45. The first-order chi connectivity index (χ1) is 12.8. The van der Waals surface area contributed by atoms with E-state index in [-0.39, 0.29) is 23.3 Å². The standard InChI is InChI=1S/C21H26FN3O2/c1-14-6-4-5-7-17(14)23-20(27)21(2,3)25-19(26)13-12-18(24-25)15-8-10-16(22)11-9-15/h8-14,17H,4-7H2,1-3H3,(H,23,27). The Bertz CT molecular complexity index is 874. The lowest BCUT2D eigenvalue weighted by molar-refractivity contribution is -0.130. The summed E-state index contributed by atoms with van der Waals surface area (Å²) >= 11 is 0. The molecule has 1 N–H and O–H groups in total. The Morgan fingerprint density at radius 2 is 1.81 bits per heavy atom. The molecule has 1 aromatic heterocycles. The van der Waals surface area contributed by atoms with Crippen LogP contribution in [0.4, 0.5) is 4.39 Å². The summed E-state index contributed by atoms with van der Waals surface area (Å²) in [6.07, 6.45) is 4.36. The second-order valence-corrected chi connectivity index (χ2v) is 7.88. The van der Waals surface area contributed by atoms with E-state index in [1.165, 1.54) is 29.3 Å². The molecule has 1 saturated carbocycles. The van der Waals surface area contributed by atoms with Gasteiger partial charge in [0.1, 0.15) is 11.4 Å². The van der Waals surface area contributed by atoms with E-state index in [0.717, 1.165) is 19.3 Å². The van der Waals surface area contributed by atoms with Gasteiger partial charge < -0.3 is 5.32 Å². The summed E-state index contributed by atoms with van der Waals surface area (Å²) in [6.45, 7) is 5.54. The first-order valence-electron chi connectivity index (χ1n) is 9.47. The van der Waals surface area contributed by atoms with Crippen molar-refractivity contribution in [3.8, 4) is 11.3 Å². The molecule has 1 aliphatic carbocycles. The van der Waals surface area contributed by atoms with Crippen molar-refractivity contribution in [2.24, 2.45) is 5.92 Å². The lowest BCUT2D eigenvalue weighted by Crippen LogP contribution is -2.53. The van der Waals surface area contributed by atoms with Crippen LogP contribution in [-0.2, 0) is 10.3 Å². The molecular weight excluding hydrogens is 345 g/mol. The summed E-state index contributed by atoms with van der Waals surface area (Å²) in [4.78, 5) is 25.4. The smallest absolute Gasteiger partial charge is 0.267 e. The van der Waals surface area contributed by atoms with Gasteiger partial charge in [0.05, 0.1) is 5.69 Å². The number of amides is 1. The van der Waals surface area contributed by atoms with Crippen molar-refractivity contribution in [3.05, 3.63) is 52.6 Å². The van der Waals surface area contributed by atoms with Crippen LogP contribution in [0.15, 0.2) is 41.2 Å². The fourth-order valence-electron chi connectivity index (χ4n) is 3.56. The number of aromatic nitrogens is 2. The predicted octanol–water partition coefficient (Wildman–Crippen LogP) is 3.48. The van der Waals surface area contributed by atoms with Crippen LogP contribution in [0.3, 0.4) is 0 Å². The minimum absolute atomic E-state index is 0.126. The zero-order chi connectivity index (χ0) is 19.6. The average molecular weight is 371 g/mol. The lowest BCUT2D eigenvalue weighted by Gasteiger charge is -2.33. The molecule has 3 rings (SSSR count). The minimum atomic E-state index is -1.13. The van der Waals surface area contributed by atoms with E-state index in [9.17, 15) is 14.0 Å². The van der Waals surface area contributed by atoms with Gasteiger partial charge in [-0.25, -0.2) is 9.07 Å². The maximum atomic E-state index is 13.2. The number of rotatable bonds is 4. The molecule has 1 amide bonds. The van der Waals surface area contributed by atoms with Gasteiger partial charge in [-0.1, -0.05) is 19.8 Å². The molecule has 0 spiro atoms. The van der Waals surface area contributed by atoms with Crippen LogP contribution in [0.5, 0.6) is 0 Å². The van der Waals surface area contributed by atoms with Crippen molar-refractivity contribution in [2.75, 3.05) is 0 Å². The molecule has 5 nitrogen and oxygen atoms in total. The first-order valence-corrected chi connectivity index (χ1v) is 9.47. The highest BCUT2D eigenvalue weighted by molar-refractivity contribution is 5.83. The monoisotopic (exact) mass is 371 g/mol. The number of hydrogen-bond donors (Lipinski definition) is 1. The third kappa shape index (κ3) is 4.10. The molecule has 6 heteroatoms. The van der Waals surface area contributed by atoms with Crippen LogP contribution >= 0.6 is 0 Å². The molecular formula is C21H26FN3O2. The number of nitrogens with one attached hydrogen (secondary N) is 1. The minimum Gasteiger partial charge on any atom is -0.351 e. The van der Waals surface area contributed by atoms with Gasteiger partial charge in [0.2, 0.25) is 5.91 Å². The highest BCUT2D eigenvalue weighted by Crippen LogP contribution is 2.25. The second-order valence-electron chi connectivity index (χ2n) is 7.88. The Kier molecular flexibility index (Phi) is 5.44. The van der Waals surface area contributed by atoms with E-state index in [1.807, 2.05) is 0 Å². The number of carbonyl (C=O) groups excluding carboxylic acids is 1. The van der Waals surface area contributed by atoms with E-state index in [4.69, 9.17) is 0 Å². The summed E-state index contributed by atoms with van der Waals surface area (Å²) in [5.41, 5.74) is -0.286. The zero-order valence-corrected chi connectivity index (χ0v) is 16.0. The summed E-state index contributed by atoms with van der Waals surface area (Å²) in [5.74, 6) is -0.130. The average Bonchev–Trinajstić information content (AvgIpc) is 2.64. The normalized spacial score (nSPS) is 20.3. The number of benzene rings is 1. The maximum absolute atomic E-state index is 13.2. The quantitative estimate of drug-likeness (QED) is 0.895. The van der Waals surface area contributed by atoms with Gasteiger partial charge in [0.25, 0.3) is 5.56 Å². The van der Waals surface area contributed by atoms with Gasteiger partial charge in [0.15, 0.2) is 0 Å². The van der Waals surface area contributed by atoms with Crippen LogP contribution in [0.25, 0.3) is 11.3 Å². The fraction of sp³-hybridized carbons (Fsp3) is 0.476. The molecule has 2 atom stereocenters. The number of hydrogen-bond acceptors (Lipinski definition) is 3. The molecule has 2 aromatic rings. The Morgan fingerprint density at radius 3 is 2.48 bits per heavy atom. The van der Waals surface area contributed by atoms with Crippen molar-refractivity contribution in [2.45, 2.75) is 58.0 Å². The van der Waals surface area contributed by atoms with Crippen molar-refractivity contribution < 1.29 is 9.18 Å². The largest absolute Gasteiger partial charge is 0.351 e. The number of halogens is 1. The van der Waals surface area contributed by atoms with E-state index < -0.39 is 5.54 Å². The summed E-state index contributed by atoms with van der Waals surface area (Å²) in [5, 5.41) is 7.51. The fourth-order valence-corrected chi connectivity index (χ4v) is 3.56. The van der Waals surface area contributed by atoms with Gasteiger partial charge in [-0.2, -0.15) is 5.10 Å². The van der Waals surface area contributed by atoms with Crippen LogP contribution < -0.4 is 10.9 Å². The summed E-state index contributed by atoms with van der Waals surface area (Å²) in [6, 6.07) is 8.99. The highest BCUT2D eigenvalue weighted by Gasteiger charge is 2.35. The van der Waals surface area contributed by atoms with E-state index in [2.05, 4.69) is 17.3 Å². The van der Waals surface area contributed by atoms with Gasteiger partial charge in [-0.3, -0.25) is 9.59 Å². The molecule has 1 aromatic carbocycles. The Labute approximate surface area is 158 Å². The van der Waals surface area contributed by atoms with Crippen molar-refractivity contribution >= 4 is 5.91 Å². The molecule has 144 valence electrons. The van der Waals surface area contributed by atoms with Crippen molar-refractivity contribution in [1.29, 1.82) is 0 Å². The SMILES string of the molecule is CC1CCCCC1NC(=O)C(C)(C)n1nc(-c2ccc(F)cc2)ccc1=O. The molecule has 2 unspecified atom stereocenters. The van der Waals surface area contributed by atoms with Crippen molar-refractivity contribution in [3.63, 3.8) is 0 Å². The Hall–Kier alpha value is -2.50. The van der Waals surface area contributed by atoms with E-state index in [0.29, 0.717) is 17.2 Å². The van der Waals surface area contributed by atoms with Crippen LogP contribution in [0.1, 0.15) is 46.5 Å². The van der Waals surface area contributed by atoms with Crippen LogP contribution in [0, 0.1) is 11.7 Å². The summed E-state index contributed by atoms with van der Waals surface area (Å²) < 4.78 is 14.4. The molecule has 27 heavy (non-hydrogen) atoms. The molecule has 1 fully saturated rings. The Morgan fingerprint density at radius 1 is 1.15 bits per heavy atom. The van der Waals surface area contributed by atoms with E-state index >= 15 is 0 Å². The Balaban J connectivity index is 1.88. The van der Waals surface area contributed by atoms with Gasteiger partial charge in [-0.05, 0) is 62.9 Å². The molecule has 0 radical (unpaired) electrons. The van der Waals surface area contributed by atoms with Crippen molar-refractivity contribution in [1.82, 2.24) is 15.1 Å². The molecule has 1 aliphatic rings. The molecule has 0 aliphatic heterocycles. The van der Waals surface area contributed by atoms with Gasteiger partial charge in [-0.15, -0.1) is 0 Å².